The number of urea groups is 1. The van der Waals surface area contributed by atoms with E-state index in [0.717, 1.165) is 30.2 Å². The number of carbonyl (C=O) groups is 1. The number of hydrogen-bond acceptors (Lipinski definition) is 2. The van der Waals surface area contributed by atoms with Gasteiger partial charge in [-0.15, -0.1) is 0 Å². The Kier molecular flexibility index (Phi) is 5.33. The molecule has 1 aliphatic rings. The third-order valence-corrected chi connectivity index (χ3v) is 4.46. The Morgan fingerprint density at radius 1 is 1.08 bits per heavy atom. The van der Waals surface area contributed by atoms with Gasteiger partial charge < -0.3 is 10.2 Å². The summed E-state index contributed by atoms with van der Waals surface area (Å²) in [5.41, 5.74) is 1.57. The molecule has 126 valence electrons. The van der Waals surface area contributed by atoms with Gasteiger partial charge in [-0.05, 0) is 29.8 Å². The summed E-state index contributed by atoms with van der Waals surface area (Å²) >= 11 is 6.19. The van der Waals surface area contributed by atoms with Crippen molar-refractivity contribution in [2.45, 2.75) is 6.54 Å². The summed E-state index contributed by atoms with van der Waals surface area (Å²) in [6, 6.07) is 13.5. The van der Waals surface area contributed by atoms with Gasteiger partial charge in [0.1, 0.15) is 5.82 Å². The average Bonchev–Trinajstić information content (AvgIpc) is 2.57. The number of nitrogens with one attached hydrogen (secondary N) is 1. The van der Waals surface area contributed by atoms with Crippen LogP contribution in [0.4, 0.5) is 14.9 Å². The van der Waals surface area contributed by atoms with Crippen LogP contribution in [0.1, 0.15) is 5.56 Å². The van der Waals surface area contributed by atoms with Crippen LogP contribution in [0.5, 0.6) is 0 Å². The van der Waals surface area contributed by atoms with Crippen molar-refractivity contribution >= 4 is 23.3 Å². The molecule has 2 aromatic carbocycles. The molecule has 6 heteroatoms. The standard InChI is InChI=1S/C18H19ClFN3O/c19-17-7-2-1-4-14(17)13-22-8-10-23(11-9-22)18(24)21-16-6-3-5-15(20)12-16/h1-7,12H,8-11,13H2,(H,21,24). The van der Waals surface area contributed by atoms with Crippen LogP contribution in [0.3, 0.4) is 0 Å². The monoisotopic (exact) mass is 347 g/mol. The first-order valence-corrected chi connectivity index (χ1v) is 8.27. The second-order valence-corrected chi connectivity index (χ2v) is 6.20. The molecule has 1 N–H and O–H groups in total. The molecule has 0 aliphatic carbocycles. The van der Waals surface area contributed by atoms with Crippen molar-refractivity contribution in [2.75, 3.05) is 31.5 Å². The molecule has 1 fully saturated rings. The van der Waals surface area contributed by atoms with Gasteiger partial charge in [0.05, 0.1) is 0 Å². The third kappa shape index (κ3) is 4.24. The number of anilines is 1. The highest BCUT2D eigenvalue weighted by Crippen LogP contribution is 2.18. The summed E-state index contributed by atoms with van der Waals surface area (Å²) in [5.74, 6) is -0.364. The lowest BCUT2D eigenvalue weighted by Gasteiger charge is -2.34. The summed E-state index contributed by atoms with van der Waals surface area (Å²) < 4.78 is 13.2. The first-order valence-electron chi connectivity index (χ1n) is 7.89. The summed E-state index contributed by atoms with van der Waals surface area (Å²) in [7, 11) is 0. The highest BCUT2D eigenvalue weighted by Gasteiger charge is 2.21. The number of piperazine rings is 1. The maximum absolute atomic E-state index is 13.2. The van der Waals surface area contributed by atoms with E-state index in [-0.39, 0.29) is 11.8 Å². The molecule has 0 bridgehead atoms. The largest absolute Gasteiger partial charge is 0.322 e. The predicted molar refractivity (Wildman–Crippen MR) is 93.7 cm³/mol. The van der Waals surface area contributed by atoms with E-state index in [4.69, 9.17) is 11.6 Å². The molecule has 0 spiro atoms. The lowest BCUT2D eigenvalue weighted by molar-refractivity contribution is 0.143. The van der Waals surface area contributed by atoms with Crippen LogP contribution >= 0.6 is 11.6 Å². The quantitative estimate of drug-likeness (QED) is 0.916. The number of carbonyl (C=O) groups excluding carboxylic acids is 1. The number of hydrogen-bond donors (Lipinski definition) is 1. The van der Waals surface area contributed by atoms with Crippen molar-refractivity contribution in [1.29, 1.82) is 0 Å². The molecule has 0 aromatic heterocycles. The Hall–Kier alpha value is -2.11. The minimum atomic E-state index is -0.364. The van der Waals surface area contributed by atoms with Gasteiger partial charge in [0, 0.05) is 43.4 Å². The Morgan fingerprint density at radius 3 is 2.54 bits per heavy atom. The summed E-state index contributed by atoms with van der Waals surface area (Å²) in [4.78, 5) is 16.3. The molecule has 2 aromatic rings. The lowest BCUT2D eigenvalue weighted by atomic mass is 10.2. The van der Waals surface area contributed by atoms with E-state index < -0.39 is 0 Å². The fourth-order valence-electron chi connectivity index (χ4n) is 2.75. The molecule has 3 rings (SSSR count). The first kappa shape index (κ1) is 16.7. The summed E-state index contributed by atoms with van der Waals surface area (Å²) in [6.07, 6.45) is 0. The van der Waals surface area contributed by atoms with E-state index in [9.17, 15) is 9.18 Å². The first-order chi connectivity index (χ1) is 11.6. The molecule has 0 atom stereocenters. The normalized spacial score (nSPS) is 15.3. The molecule has 0 radical (unpaired) electrons. The second-order valence-electron chi connectivity index (χ2n) is 5.80. The van der Waals surface area contributed by atoms with E-state index in [1.54, 1.807) is 17.0 Å². The maximum atomic E-state index is 13.2. The van der Waals surface area contributed by atoms with Crippen LogP contribution in [-0.4, -0.2) is 42.0 Å². The minimum absolute atomic E-state index is 0.196. The summed E-state index contributed by atoms with van der Waals surface area (Å²) in [5, 5.41) is 3.50. The van der Waals surface area contributed by atoms with Gasteiger partial charge in [0.15, 0.2) is 0 Å². The Balaban J connectivity index is 1.51. The molecular formula is C18H19ClFN3O. The molecule has 1 aliphatic heterocycles. The van der Waals surface area contributed by atoms with Gasteiger partial charge in [-0.3, -0.25) is 4.90 Å². The van der Waals surface area contributed by atoms with Crippen LogP contribution in [-0.2, 0) is 6.54 Å². The van der Waals surface area contributed by atoms with Crippen LogP contribution in [0.2, 0.25) is 5.02 Å². The van der Waals surface area contributed by atoms with Gasteiger partial charge in [0.2, 0.25) is 0 Å². The Morgan fingerprint density at radius 2 is 1.83 bits per heavy atom. The van der Waals surface area contributed by atoms with Gasteiger partial charge >= 0.3 is 6.03 Å². The van der Waals surface area contributed by atoms with Crippen molar-refractivity contribution in [3.63, 3.8) is 0 Å². The van der Waals surface area contributed by atoms with Crippen molar-refractivity contribution in [3.05, 3.63) is 64.9 Å². The van der Waals surface area contributed by atoms with E-state index in [1.165, 1.54) is 12.1 Å². The van der Waals surface area contributed by atoms with Crippen molar-refractivity contribution in [2.24, 2.45) is 0 Å². The fourth-order valence-corrected chi connectivity index (χ4v) is 2.94. The molecule has 0 saturated carbocycles. The van der Waals surface area contributed by atoms with E-state index >= 15 is 0 Å². The zero-order chi connectivity index (χ0) is 16.9. The van der Waals surface area contributed by atoms with E-state index in [0.29, 0.717) is 18.8 Å². The summed E-state index contributed by atoms with van der Waals surface area (Å²) in [6.45, 7) is 3.60. The zero-order valence-electron chi connectivity index (χ0n) is 13.2. The van der Waals surface area contributed by atoms with Gasteiger partial charge in [0.25, 0.3) is 0 Å². The van der Waals surface area contributed by atoms with Crippen molar-refractivity contribution in [1.82, 2.24) is 9.80 Å². The number of nitrogens with zero attached hydrogens (tertiary/aromatic N) is 2. The Bertz CT molecular complexity index is 717. The van der Waals surface area contributed by atoms with Gasteiger partial charge in [-0.25, -0.2) is 9.18 Å². The molecule has 2 amide bonds. The molecule has 0 unspecified atom stereocenters. The van der Waals surface area contributed by atoms with Gasteiger partial charge in [-0.2, -0.15) is 0 Å². The van der Waals surface area contributed by atoms with E-state index in [2.05, 4.69) is 10.2 Å². The number of amides is 2. The SMILES string of the molecule is O=C(Nc1cccc(F)c1)N1CCN(Cc2ccccc2Cl)CC1. The zero-order valence-corrected chi connectivity index (χ0v) is 14.0. The highest BCUT2D eigenvalue weighted by molar-refractivity contribution is 6.31. The van der Waals surface area contributed by atoms with Crippen LogP contribution in [0.25, 0.3) is 0 Å². The lowest BCUT2D eigenvalue weighted by Crippen LogP contribution is -2.49. The molecule has 4 nitrogen and oxygen atoms in total. The molecule has 1 saturated heterocycles. The van der Waals surface area contributed by atoms with Crippen molar-refractivity contribution in [3.8, 4) is 0 Å². The number of halogens is 2. The second kappa shape index (κ2) is 7.64. The Labute approximate surface area is 145 Å². The predicted octanol–water partition coefficient (Wildman–Crippen LogP) is 3.83. The fraction of sp³-hybridized carbons (Fsp3) is 0.278. The number of benzene rings is 2. The molecule has 1 heterocycles. The number of rotatable bonds is 3. The van der Waals surface area contributed by atoms with Gasteiger partial charge in [-0.1, -0.05) is 35.9 Å². The highest BCUT2D eigenvalue weighted by atomic mass is 35.5. The van der Waals surface area contributed by atoms with Crippen LogP contribution in [0, 0.1) is 5.82 Å². The van der Waals surface area contributed by atoms with Crippen LogP contribution < -0.4 is 5.32 Å². The van der Waals surface area contributed by atoms with Crippen molar-refractivity contribution < 1.29 is 9.18 Å². The maximum Gasteiger partial charge on any atom is 0.321 e. The average molecular weight is 348 g/mol. The molecule has 24 heavy (non-hydrogen) atoms. The van der Waals surface area contributed by atoms with Crippen LogP contribution in [0.15, 0.2) is 48.5 Å². The smallest absolute Gasteiger partial charge is 0.321 e. The topological polar surface area (TPSA) is 35.6 Å². The van der Waals surface area contributed by atoms with E-state index in [1.807, 2.05) is 24.3 Å². The minimum Gasteiger partial charge on any atom is -0.322 e. The molecular weight excluding hydrogens is 329 g/mol. The third-order valence-electron chi connectivity index (χ3n) is 4.09.